The number of hydrogen-bond donors (Lipinski definition) is 2. The third kappa shape index (κ3) is 4.09. The maximum Gasteiger partial charge on any atom is 0.350 e. The van der Waals surface area contributed by atoms with E-state index in [9.17, 15) is 23.9 Å². The van der Waals surface area contributed by atoms with E-state index in [4.69, 9.17) is 9.47 Å². The molecule has 2 N–H and O–H groups in total. The molecule has 1 saturated heterocycles. The maximum absolute atomic E-state index is 14.0. The Kier molecular flexibility index (Phi) is 6.18. The number of aromatic nitrogens is 5. The van der Waals surface area contributed by atoms with Gasteiger partial charge in [-0.15, -0.1) is 0 Å². The number of ether oxygens (including phenoxy) is 2. The largest absolute Gasteiger partial charge is 0.501 e. The highest BCUT2D eigenvalue weighted by Gasteiger charge is 2.41. The molecule has 1 spiro atoms. The quantitative estimate of drug-likeness (QED) is 0.509. The first kappa shape index (κ1) is 23.9. The summed E-state index contributed by atoms with van der Waals surface area (Å²) in [6, 6.07) is 3.74. The number of aryl methyl sites for hydroxylation is 1. The van der Waals surface area contributed by atoms with Crippen LogP contribution in [0.5, 0.6) is 5.75 Å². The van der Waals surface area contributed by atoms with E-state index in [1.807, 2.05) is 0 Å². The summed E-state index contributed by atoms with van der Waals surface area (Å²) in [6.07, 6.45) is 2.41. The number of aromatic hydroxyl groups is 1. The molecular weight excluding hydrogens is 475 g/mol. The zero-order chi connectivity index (χ0) is 25.4. The van der Waals surface area contributed by atoms with Gasteiger partial charge in [-0.25, -0.2) is 14.2 Å². The standard InChI is InChI=1S/C23H25FN6O6/c1-28-13-26-30(22(28)34)16-10-15(24)3-2-14(16)11-25-19(32)17-18(31)20(33)29-6-9-36-12-23(21(29)27-17)4-7-35-8-5-23/h2-3,10,13,31H,4-9,11-12H2,1H3,(H,25,32). The number of amides is 1. The van der Waals surface area contributed by atoms with E-state index in [0.717, 1.165) is 10.7 Å². The van der Waals surface area contributed by atoms with Crippen LogP contribution < -0.4 is 16.6 Å². The van der Waals surface area contributed by atoms with Gasteiger partial charge < -0.3 is 19.9 Å². The Balaban J connectivity index is 1.48. The predicted molar refractivity (Wildman–Crippen MR) is 123 cm³/mol. The van der Waals surface area contributed by atoms with Gasteiger partial charge in [0.15, 0.2) is 5.69 Å². The van der Waals surface area contributed by atoms with E-state index in [-0.39, 0.29) is 25.4 Å². The van der Waals surface area contributed by atoms with E-state index in [2.05, 4.69) is 15.4 Å². The molecule has 4 heterocycles. The summed E-state index contributed by atoms with van der Waals surface area (Å²) in [5.74, 6) is -1.75. The van der Waals surface area contributed by atoms with Crippen LogP contribution in [-0.2, 0) is 35.0 Å². The number of nitrogens with zero attached hydrogens (tertiary/aromatic N) is 5. The summed E-state index contributed by atoms with van der Waals surface area (Å²) in [6.45, 7) is 1.59. The average molecular weight is 500 g/mol. The molecule has 2 aliphatic rings. The molecule has 0 saturated carbocycles. The molecule has 0 aliphatic carbocycles. The van der Waals surface area contributed by atoms with E-state index in [1.54, 1.807) is 0 Å². The van der Waals surface area contributed by atoms with E-state index in [1.165, 1.54) is 34.6 Å². The molecule has 36 heavy (non-hydrogen) atoms. The molecule has 1 amide bonds. The van der Waals surface area contributed by atoms with Gasteiger partial charge in [-0.3, -0.25) is 18.7 Å². The van der Waals surface area contributed by atoms with Gasteiger partial charge in [-0.05, 0) is 24.5 Å². The molecule has 2 aliphatic heterocycles. The van der Waals surface area contributed by atoms with Crippen LogP contribution >= 0.6 is 0 Å². The number of carbonyl (C=O) groups excluding carboxylic acids is 1. The van der Waals surface area contributed by atoms with E-state index in [0.29, 0.717) is 44.1 Å². The number of carbonyl (C=O) groups is 1. The molecule has 0 bridgehead atoms. The van der Waals surface area contributed by atoms with Crippen molar-refractivity contribution < 1.29 is 23.8 Å². The van der Waals surface area contributed by atoms with Crippen molar-refractivity contribution in [2.75, 3.05) is 26.4 Å². The lowest BCUT2D eigenvalue weighted by molar-refractivity contribution is 0.00413. The van der Waals surface area contributed by atoms with Crippen LogP contribution in [0.3, 0.4) is 0 Å². The van der Waals surface area contributed by atoms with Gasteiger partial charge in [0.25, 0.3) is 11.5 Å². The van der Waals surface area contributed by atoms with Gasteiger partial charge in [0, 0.05) is 32.9 Å². The summed E-state index contributed by atoms with van der Waals surface area (Å²) in [7, 11) is 1.51. The second-order valence-corrected chi connectivity index (χ2v) is 8.93. The van der Waals surface area contributed by atoms with Crippen molar-refractivity contribution in [3.8, 4) is 11.4 Å². The minimum atomic E-state index is -0.788. The first-order chi connectivity index (χ1) is 17.3. The van der Waals surface area contributed by atoms with Crippen molar-refractivity contribution in [2.45, 2.75) is 31.3 Å². The topological polar surface area (TPSA) is 143 Å². The third-order valence-corrected chi connectivity index (χ3v) is 6.66. The van der Waals surface area contributed by atoms with Crippen LogP contribution in [0.15, 0.2) is 34.1 Å². The van der Waals surface area contributed by atoms with Crippen LogP contribution in [0.2, 0.25) is 0 Å². The van der Waals surface area contributed by atoms with Crippen LogP contribution in [0.25, 0.3) is 5.69 Å². The highest BCUT2D eigenvalue weighted by Crippen LogP contribution is 2.35. The second-order valence-electron chi connectivity index (χ2n) is 8.93. The van der Waals surface area contributed by atoms with Gasteiger partial charge in [0.05, 0.1) is 30.9 Å². The minimum absolute atomic E-state index is 0.140. The van der Waals surface area contributed by atoms with Gasteiger partial charge in [0.1, 0.15) is 18.0 Å². The van der Waals surface area contributed by atoms with Crippen molar-refractivity contribution >= 4 is 5.91 Å². The Bertz CT molecular complexity index is 1440. The smallest absolute Gasteiger partial charge is 0.350 e. The first-order valence-electron chi connectivity index (χ1n) is 11.5. The molecule has 0 radical (unpaired) electrons. The molecule has 13 heteroatoms. The SMILES string of the molecule is Cn1cnn(-c2cc(F)ccc2CNC(=O)c2nc3n(c(=O)c2O)CCOCC32CCOCC2)c1=O. The van der Waals surface area contributed by atoms with Gasteiger partial charge in [0.2, 0.25) is 5.75 Å². The lowest BCUT2D eigenvalue weighted by Crippen LogP contribution is -2.43. The van der Waals surface area contributed by atoms with Gasteiger partial charge in [-0.2, -0.15) is 9.78 Å². The zero-order valence-corrected chi connectivity index (χ0v) is 19.6. The zero-order valence-electron chi connectivity index (χ0n) is 19.6. The molecule has 3 aromatic rings. The maximum atomic E-state index is 14.0. The van der Waals surface area contributed by atoms with Gasteiger partial charge >= 0.3 is 5.69 Å². The first-order valence-corrected chi connectivity index (χ1v) is 11.5. The number of hydrogen-bond acceptors (Lipinski definition) is 8. The number of nitrogens with one attached hydrogen (secondary N) is 1. The molecule has 12 nitrogen and oxygen atoms in total. The van der Waals surface area contributed by atoms with Crippen LogP contribution in [0, 0.1) is 5.82 Å². The summed E-state index contributed by atoms with van der Waals surface area (Å²) in [5.41, 5.74) is -1.68. The molecule has 0 unspecified atom stereocenters. The van der Waals surface area contributed by atoms with Crippen molar-refractivity contribution in [2.24, 2.45) is 7.05 Å². The van der Waals surface area contributed by atoms with Crippen LogP contribution in [-0.4, -0.2) is 61.3 Å². The van der Waals surface area contributed by atoms with Crippen LogP contribution in [0.1, 0.15) is 34.7 Å². The van der Waals surface area contributed by atoms with Crippen molar-refractivity contribution in [1.29, 1.82) is 0 Å². The Morgan fingerprint density at radius 1 is 1.22 bits per heavy atom. The number of halogens is 1. The van der Waals surface area contributed by atoms with Crippen molar-refractivity contribution in [3.05, 3.63) is 68.3 Å². The molecule has 190 valence electrons. The minimum Gasteiger partial charge on any atom is -0.501 e. The lowest BCUT2D eigenvalue weighted by Gasteiger charge is -2.35. The Morgan fingerprint density at radius 3 is 2.72 bits per heavy atom. The molecule has 5 rings (SSSR count). The average Bonchev–Trinajstić information content (AvgIpc) is 3.11. The van der Waals surface area contributed by atoms with Crippen molar-refractivity contribution in [1.82, 2.24) is 29.2 Å². The summed E-state index contributed by atoms with van der Waals surface area (Å²) < 4.78 is 28.8. The summed E-state index contributed by atoms with van der Waals surface area (Å²) in [4.78, 5) is 43.0. The summed E-state index contributed by atoms with van der Waals surface area (Å²) in [5, 5.41) is 17.2. The number of benzene rings is 1. The van der Waals surface area contributed by atoms with Crippen molar-refractivity contribution in [3.63, 3.8) is 0 Å². The number of rotatable bonds is 4. The van der Waals surface area contributed by atoms with Gasteiger partial charge in [-0.1, -0.05) is 6.07 Å². The Labute approximate surface area is 203 Å². The molecule has 1 fully saturated rings. The van der Waals surface area contributed by atoms with E-state index >= 15 is 0 Å². The highest BCUT2D eigenvalue weighted by atomic mass is 19.1. The lowest BCUT2D eigenvalue weighted by atomic mass is 9.80. The third-order valence-electron chi connectivity index (χ3n) is 6.66. The fourth-order valence-electron chi connectivity index (χ4n) is 4.62. The second kappa shape index (κ2) is 9.32. The molecule has 2 aromatic heterocycles. The summed E-state index contributed by atoms with van der Waals surface area (Å²) >= 11 is 0. The molecule has 0 atom stereocenters. The Hall–Kier alpha value is -3.84. The monoisotopic (exact) mass is 500 g/mol. The highest BCUT2D eigenvalue weighted by molar-refractivity contribution is 5.94. The fraction of sp³-hybridized carbons (Fsp3) is 0.435. The predicted octanol–water partition coefficient (Wildman–Crippen LogP) is -0.0192. The molecule has 1 aromatic carbocycles. The molecular formula is C23H25FN6O6. The Morgan fingerprint density at radius 2 is 2.00 bits per heavy atom. The van der Waals surface area contributed by atoms with Crippen LogP contribution in [0.4, 0.5) is 4.39 Å². The number of fused-ring (bicyclic) bond motifs is 2. The fourth-order valence-corrected chi connectivity index (χ4v) is 4.62. The normalized spacial score (nSPS) is 16.9. The van der Waals surface area contributed by atoms with E-state index < -0.39 is 39.8 Å².